The quantitative estimate of drug-likeness (QED) is 0.687. The van der Waals surface area contributed by atoms with Gasteiger partial charge in [-0.05, 0) is 36.4 Å². The highest BCUT2D eigenvalue weighted by Crippen LogP contribution is 2.19. The summed E-state index contributed by atoms with van der Waals surface area (Å²) in [4.78, 5) is 25.5. The van der Waals surface area contributed by atoms with Gasteiger partial charge < -0.3 is 9.88 Å². The van der Waals surface area contributed by atoms with Gasteiger partial charge in [-0.25, -0.2) is 9.37 Å². The first-order valence-corrected chi connectivity index (χ1v) is 9.98. The highest BCUT2D eigenvalue weighted by atomic mass is 32.2. The first kappa shape index (κ1) is 18.0. The second-order valence-electron chi connectivity index (χ2n) is 6.60. The third-order valence-electron chi connectivity index (χ3n) is 4.71. The fraction of sp³-hybridized carbons (Fsp3) is 0.300. The van der Waals surface area contributed by atoms with Gasteiger partial charge in [0.2, 0.25) is 5.91 Å². The number of rotatable bonds is 5. The van der Waals surface area contributed by atoms with Crippen molar-refractivity contribution in [1.29, 1.82) is 0 Å². The summed E-state index contributed by atoms with van der Waals surface area (Å²) in [5, 5.41) is 0. The molecule has 0 bridgehead atoms. The highest BCUT2D eigenvalue weighted by Gasteiger charge is 2.21. The molecule has 4 rings (SSSR count). The zero-order valence-corrected chi connectivity index (χ0v) is 15.7. The van der Waals surface area contributed by atoms with Crippen molar-refractivity contribution >= 4 is 28.7 Å². The van der Waals surface area contributed by atoms with Crippen molar-refractivity contribution in [2.24, 2.45) is 0 Å². The number of hydrogen-bond acceptors (Lipinski definition) is 4. The third-order valence-corrected chi connectivity index (χ3v) is 5.71. The van der Waals surface area contributed by atoms with Crippen LogP contribution < -0.4 is 0 Å². The number of halogens is 1. The van der Waals surface area contributed by atoms with E-state index in [4.69, 9.17) is 0 Å². The van der Waals surface area contributed by atoms with E-state index in [2.05, 4.69) is 14.9 Å². The standard InChI is InChI=1S/C20H21FN4OS/c21-15-5-7-16(8-6-15)27-14-20(26)25-11-9-24(10-12-25)13-19-22-17-3-1-2-4-18(17)23-19/h1-8H,9-14H2,(H,22,23). The molecule has 1 N–H and O–H groups in total. The number of carbonyl (C=O) groups is 1. The number of thioether (sulfide) groups is 1. The molecule has 0 radical (unpaired) electrons. The summed E-state index contributed by atoms with van der Waals surface area (Å²) in [5.74, 6) is 1.22. The monoisotopic (exact) mass is 384 g/mol. The molecule has 0 saturated carbocycles. The van der Waals surface area contributed by atoms with Crippen LogP contribution in [0, 0.1) is 5.82 Å². The molecule has 2 aromatic carbocycles. The number of benzene rings is 2. The van der Waals surface area contributed by atoms with E-state index in [9.17, 15) is 9.18 Å². The van der Waals surface area contributed by atoms with Gasteiger partial charge in [-0.1, -0.05) is 12.1 Å². The number of imidazole rings is 1. The summed E-state index contributed by atoms with van der Waals surface area (Å²) >= 11 is 1.45. The Bertz CT molecular complexity index is 886. The van der Waals surface area contributed by atoms with Crippen LogP contribution >= 0.6 is 11.8 Å². The van der Waals surface area contributed by atoms with Crippen LogP contribution in [-0.2, 0) is 11.3 Å². The summed E-state index contributed by atoms with van der Waals surface area (Å²) < 4.78 is 12.9. The first-order chi connectivity index (χ1) is 13.2. The Morgan fingerprint density at radius 2 is 1.81 bits per heavy atom. The number of carbonyl (C=O) groups excluding carboxylic acids is 1. The van der Waals surface area contributed by atoms with Gasteiger partial charge in [0.15, 0.2) is 0 Å². The van der Waals surface area contributed by atoms with E-state index >= 15 is 0 Å². The fourth-order valence-electron chi connectivity index (χ4n) is 3.21. The molecule has 2 heterocycles. The minimum atomic E-state index is -0.258. The molecular formula is C20H21FN4OS. The molecular weight excluding hydrogens is 363 g/mol. The number of nitrogens with one attached hydrogen (secondary N) is 1. The lowest BCUT2D eigenvalue weighted by atomic mass is 10.3. The molecule has 0 spiro atoms. The molecule has 140 valence electrons. The van der Waals surface area contributed by atoms with Gasteiger partial charge in [0.05, 0.1) is 23.3 Å². The number of piperazine rings is 1. The Morgan fingerprint density at radius 3 is 2.56 bits per heavy atom. The fourth-order valence-corrected chi connectivity index (χ4v) is 4.02. The number of H-pyrrole nitrogens is 1. The van der Waals surface area contributed by atoms with Crippen molar-refractivity contribution in [3.63, 3.8) is 0 Å². The smallest absolute Gasteiger partial charge is 0.233 e. The topological polar surface area (TPSA) is 52.2 Å². The van der Waals surface area contributed by atoms with E-state index < -0.39 is 0 Å². The number of fused-ring (bicyclic) bond motifs is 1. The second-order valence-corrected chi connectivity index (χ2v) is 7.65. The average molecular weight is 384 g/mol. The Hall–Kier alpha value is -2.38. The minimum Gasteiger partial charge on any atom is -0.341 e. The summed E-state index contributed by atoms with van der Waals surface area (Å²) in [6.07, 6.45) is 0. The van der Waals surface area contributed by atoms with Crippen LogP contribution in [0.3, 0.4) is 0 Å². The van der Waals surface area contributed by atoms with Crippen LogP contribution in [0.25, 0.3) is 11.0 Å². The van der Waals surface area contributed by atoms with Crippen LogP contribution in [0.1, 0.15) is 5.82 Å². The molecule has 5 nitrogen and oxygen atoms in total. The molecule has 1 aliphatic heterocycles. The predicted molar refractivity (Wildman–Crippen MR) is 105 cm³/mol. The van der Waals surface area contributed by atoms with E-state index in [1.54, 1.807) is 12.1 Å². The molecule has 1 fully saturated rings. The minimum absolute atomic E-state index is 0.132. The van der Waals surface area contributed by atoms with E-state index in [1.165, 1.54) is 23.9 Å². The number of aromatic amines is 1. The molecule has 1 aromatic heterocycles. The lowest BCUT2D eigenvalue weighted by Gasteiger charge is -2.34. The molecule has 1 saturated heterocycles. The Labute approximate surface area is 161 Å². The molecule has 1 aliphatic rings. The van der Waals surface area contributed by atoms with E-state index in [1.807, 2.05) is 29.2 Å². The lowest BCUT2D eigenvalue weighted by Crippen LogP contribution is -2.48. The number of amides is 1. The van der Waals surface area contributed by atoms with Crippen molar-refractivity contribution < 1.29 is 9.18 Å². The van der Waals surface area contributed by atoms with E-state index in [0.29, 0.717) is 5.75 Å². The maximum atomic E-state index is 12.9. The first-order valence-electron chi connectivity index (χ1n) is 8.99. The van der Waals surface area contributed by atoms with Crippen molar-refractivity contribution in [1.82, 2.24) is 19.8 Å². The Balaban J connectivity index is 1.25. The second kappa shape index (κ2) is 8.10. The molecule has 3 aromatic rings. The summed E-state index contributed by atoms with van der Waals surface area (Å²) in [6, 6.07) is 14.3. The third kappa shape index (κ3) is 4.48. The van der Waals surface area contributed by atoms with E-state index in [0.717, 1.165) is 54.5 Å². The lowest BCUT2D eigenvalue weighted by molar-refractivity contribution is -0.130. The van der Waals surface area contributed by atoms with Gasteiger partial charge in [-0.15, -0.1) is 11.8 Å². The zero-order chi connectivity index (χ0) is 18.6. The van der Waals surface area contributed by atoms with E-state index in [-0.39, 0.29) is 11.7 Å². The zero-order valence-electron chi connectivity index (χ0n) is 14.9. The number of aromatic nitrogens is 2. The molecule has 1 amide bonds. The molecule has 0 aliphatic carbocycles. The van der Waals surface area contributed by atoms with Gasteiger partial charge in [-0.3, -0.25) is 9.69 Å². The highest BCUT2D eigenvalue weighted by molar-refractivity contribution is 8.00. The number of para-hydroxylation sites is 2. The van der Waals surface area contributed by atoms with Gasteiger partial charge >= 0.3 is 0 Å². The van der Waals surface area contributed by atoms with Crippen molar-refractivity contribution in [2.45, 2.75) is 11.4 Å². The van der Waals surface area contributed by atoms with Gasteiger partial charge in [0, 0.05) is 31.1 Å². The van der Waals surface area contributed by atoms with Gasteiger partial charge in [0.25, 0.3) is 0 Å². The summed E-state index contributed by atoms with van der Waals surface area (Å²) in [6.45, 7) is 3.89. The molecule has 0 unspecified atom stereocenters. The largest absolute Gasteiger partial charge is 0.341 e. The number of nitrogens with zero attached hydrogens (tertiary/aromatic N) is 3. The van der Waals surface area contributed by atoms with Crippen LogP contribution in [-0.4, -0.2) is 57.6 Å². The van der Waals surface area contributed by atoms with Crippen molar-refractivity contribution in [2.75, 3.05) is 31.9 Å². The predicted octanol–water partition coefficient (Wildman–Crippen LogP) is 3.14. The van der Waals surface area contributed by atoms with Crippen molar-refractivity contribution in [3.8, 4) is 0 Å². The Kier molecular flexibility index (Phi) is 5.40. The maximum Gasteiger partial charge on any atom is 0.233 e. The van der Waals surface area contributed by atoms with Gasteiger partial charge in [0.1, 0.15) is 11.6 Å². The molecule has 7 heteroatoms. The number of hydrogen-bond donors (Lipinski definition) is 1. The normalized spacial score (nSPS) is 15.4. The molecule has 0 atom stereocenters. The average Bonchev–Trinajstić information content (AvgIpc) is 3.10. The van der Waals surface area contributed by atoms with Crippen LogP contribution in [0.2, 0.25) is 0 Å². The summed E-state index contributed by atoms with van der Waals surface area (Å²) in [5.41, 5.74) is 2.04. The molecule has 27 heavy (non-hydrogen) atoms. The summed E-state index contributed by atoms with van der Waals surface area (Å²) in [7, 11) is 0. The maximum absolute atomic E-state index is 12.9. The van der Waals surface area contributed by atoms with Crippen LogP contribution in [0.4, 0.5) is 4.39 Å². The van der Waals surface area contributed by atoms with Crippen molar-refractivity contribution in [3.05, 3.63) is 60.2 Å². The Morgan fingerprint density at radius 1 is 1.07 bits per heavy atom. The van der Waals surface area contributed by atoms with Gasteiger partial charge in [-0.2, -0.15) is 0 Å². The van der Waals surface area contributed by atoms with Crippen LogP contribution in [0.5, 0.6) is 0 Å². The van der Waals surface area contributed by atoms with Crippen LogP contribution in [0.15, 0.2) is 53.4 Å². The SMILES string of the molecule is O=C(CSc1ccc(F)cc1)N1CCN(Cc2nc3ccccc3[nH]2)CC1.